The Hall–Kier alpha value is -8.12. The number of rotatable bonds is 6. The summed E-state index contributed by atoms with van der Waals surface area (Å²) in [5, 5.41) is 39.0. The summed E-state index contributed by atoms with van der Waals surface area (Å²) in [6.07, 6.45) is -22.2. The van der Waals surface area contributed by atoms with Crippen LogP contribution in [0.5, 0.6) is 0 Å². The maximum absolute atomic E-state index is 16.2. The van der Waals surface area contributed by atoms with E-state index >= 15 is 17.6 Å². The Morgan fingerprint density at radius 1 is 0.409 bits per heavy atom. The molecule has 0 N–H and O–H groups in total. The van der Waals surface area contributed by atoms with Crippen LogP contribution >= 0.6 is 0 Å². The molecule has 0 aliphatic carbocycles. The molecule has 2 aromatic heterocycles. The topological polar surface area (TPSA) is 147 Å². The molecule has 0 aliphatic rings. The molecule has 0 spiro atoms. The van der Waals surface area contributed by atoms with E-state index in [9.17, 15) is 73.7 Å². The van der Waals surface area contributed by atoms with Gasteiger partial charge in [-0.2, -0.15) is 73.7 Å². The lowest BCUT2D eigenvalue weighted by Gasteiger charge is -2.19. The van der Waals surface area contributed by atoms with Gasteiger partial charge in [-0.15, -0.1) is 0 Å². The highest BCUT2D eigenvalue weighted by atomic mass is 19.4. The van der Waals surface area contributed by atoms with Crippen LogP contribution in [0, 0.1) is 68.6 Å². The molecule has 0 amide bonds. The number of halogens is 16. The molecule has 0 aliphatic heterocycles. The van der Waals surface area contributed by atoms with E-state index in [1.165, 1.54) is 24.3 Å². The molecule has 0 radical (unpaired) electrons. The summed E-state index contributed by atoms with van der Waals surface area (Å²) >= 11 is 0. The summed E-state index contributed by atoms with van der Waals surface area (Å²) in [6, 6.07) is 5.71. The van der Waals surface area contributed by atoms with Gasteiger partial charge < -0.3 is 8.83 Å². The molecule has 0 atom stereocenters. The molecule has 334 valence electrons. The quantitative estimate of drug-likeness (QED) is 0.150. The highest BCUT2D eigenvalue weighted by molar-refractivity contribution is 6.18. The molecule has 8 nitrogen and oxygen atoms in total. The fourth-order valence-corrected chi connectivity index (χ4v) is 6.92. The Bertz CT molecular complexity index is 2970. The summed E-state index contributed by atoms with van der Waals surface area (Å²) < 4.78 is 244. The largest absolute Gasteiger partial charge is 0.437 e. The van der Waals surface area contributed by atoms with Gasteiger partial charge in [0.25, 0.3) is 0 Å². The fourth-order valence-electron chi connectivity index (χ4n) is 6.92. The fraction of sp³-hybridized carbons (Fsp3) is 0.143. The predicted molar refractivity (Wildman–Crippen MR) is 191 cm³/mol. The van der Waals surface area contributed by atoms with Crippen molar-refractivity contribution in [3.05, 3.63) is 118 Å². The zero-order valence-corrected chi connectivity index (χ0v) is 31.5. The van der Waals surface area contributed by atoms with Crippen molar-refractivity contribution in [2.45, 2.75) is 36.5 Å². The van der Waals surface area contributed by atoms with Gasteiger partial charge >= 0.3 is 24.7 Å². The summed E-state index contributed by atoms with van der Waals surface area (Å²) in [5.74, 6) is -13.3. The average molecular weight is 937 g/mol. The van der Waals surface area contributed by atoms with Crippen LogP contribution in [-0.4, -0.2) is 9.97 Å². The van der Waals surface area contributed by atoms with Crippen molar-refractivity contribution >= 4 is 22.2 Å². The van der Waals surface area contributed by atoms with Crippen LogP contribution in [0.25, 0.3) is 66.7 Å². The number of fused-ring (bicyclic) bond motifs is 2. The highest BCUT2D eigenvalue weighted by Crippen LogP contribution is 2.52. The van der Waals surface area contributed by atoms with Gasteiger partial charge in [-0.05, 0) is 59.7 Å². The summed E-state index contributed by atoms with van der Waals surface area (Å²) in [4.78, 5) is 7.98. The molecule has 24 heteroatoms. The van der Waals surface area contributed by atoms with Gasteiger partial charge in [0.15, 0.2) is 11.2 Å². The van der Waals surface area contributed by atoms with Crippen LogP contribution in [0.15, 0.2) is 69.5 Å². The summed E-state index contributed by atoms with van der Waals surface area (Å²) in [6.45, 7) is 0. The van der Waals surface area contributed by atoms with E-state index in [1.54, 1.807) is 0 Å². The molecule has 0 bridgehead atoms. The van der Waals surface area contributed by atoms with Crippen LogP contribution in [0.3, 0.4) is 0 Å². The van der Waals surface area contributed by atoms with Crippen molar-refractivity contribution in [1.82, 2.24) is 9.97 Å². The number of aromatic nitrogens is 2. The van der Waals surface area contributed by atoms with Crippen LogP contribution in [0.2, 0.25) is 0 Å². The Morgan fingerprint density at radius 2 is 0.697 bits per heavy atom. The second-order valence-electron chi connectivity index (χ2n) is 13.8. The zero-order chi connectivity index (χ0) is 48.6. The maximum Gasteiger partial charge on any atom is 0.416 e. The molecule has 0 saturated carbocycles. The zero-order valence-electron chi connectivity index (χ0n) is 31.5. The van der Waals surface area contributed by atoms with Crippen molar-refractivity contribution in [2.24, 2.45) is 0 Å². The SMILES string of the molecule is N#CC(C#N)c1nc2c(-c3cc(F)cc(F)c3-c3cc(C(F)(F)F)cc(C(F)(F)F)c3)c3oc(C(C#N)C#N)nc3c(-c3cc(F)cc(F)c3-c3cc(C(F)(F)F)cc(C(F)(F)F)c3)c2o1. The van der Waals surface area contributed by atoms with Crippen molar-refractivity contribution in [3.63, 3.8) is 0 Å². The van der Waals surface area contributed by atoms with E-state index in [4.69, 9.17) is 8.83 Å². The lowest BCUT2D eigenvalue weighted by Crippen LogP contribution is -2.11. The minimum absolute atomic E-state index is 0.0179. The summed E-state index contributed by atoms with van der Waals surface area (Å²) in [5.41, 5.74) is -21.6. The molecule has 0 fully saturated rings. The molecule has 7 rings (SSSR count). The van der Waals surface area contributed by atoms with Crippen molar-refractivity contribution < 1.29 is 79.1 Å². The normalized spacial score (nSPS) is 12.5. The molecule has 66 heavy (non-hydrogen) atoms. The molecule has 0 unspecified atom stereocenters. The number of benzene rings is 5. The van der Waals surface area contributed by atoms with Gasteiger partial charge in [0, 0.05) is 34.4 Å². The first kappa shape index (κ1) is 45.9. The van der Waals surface area contributed by atoms with Crippen molar-refractivity contribution in [1.29, 1.82) is 21.0 Å². The molecule has 7 aromatic rings. The first-order chi connectivity index (χ1) is 30.7. The van der Waals surface area contributed by atoms with Crippen LogP contribution in [-0.2, 0) is 24.7 Å². The van der Waals surface area contributed by atoms with Gasteiger partial charge in [0.2, 0.25) is 23.6 Å². The van der Waals surface area contributed by atoms with Crippen LogP contribution < -0.4 is 0 Å². The number of nitrogens with zero attached hydrogens (tertiary/aromatic N) is 6. The van der Waals surface area contributed by atoms with Gasteiger partial charge in [-0.3, -0.25) is 0 Å². The van der Waals surface area contributed by atoms with Crippen molar-refractivity contribution in [3.8, 4) is 68.8 Å². The maximum atomic E-state index is 16.2. The van der Waals surface area contributed by atoms with Crippen molar-refractivity contribution in [2.75, 3.05) is 0 Å². The second kappa shape index (κ2) is 15.8. The number of oxazole rings is 2. The van der Waals surface area contributed by atoms with E-state index in [1.807, 2.05) is 0 Å². The standard InChI is InChI=1S/C42H12F16N6O2/c43-23-7-25(29(27(45)9-23)15-1-19(39(47,48)49)5-20(2-15)40(50,51)52)31-33-36(66-37(63-33)17(11-59)12-60)32(34-35(31)65-38(64-34)18(13-61)14-62)26-8-24(44)10-28(46)30(26)16-3-21(41(53,54)55)6-22(4-16)42(56,57)58/h1-10,17-18H. The van der Waals surface area contributed by atoms with E-state index in [0.717, 1.165) is 0 Å². The molecule has 0 saturated heterocycles. The molecular formula is C42H12F16N6O2. The first-order valence-electron chi connectivity index (χ1n) is 17.6. The minimum atomic E-state index is -5.55. The number of nitriles is 4. The first-order valence-corrected chi connectivity index (χ1v) is 17.6. The van der Waals surface area contributed by atoms with E-state index < -0.39 is 161 Å². The third-order valence-corrected chi connectivity index (χ3v) is 9.63. The molecule has 2 heterocycles. The Morgan fingerprint density at radius 3 is 0.955 bits per heavy atom. The second-order valence-corrected chi connectivity index (χ2v) is 13.8. The third kappa shape index (κ3) is 8.13. The number of alkyl halides is 12. The number of hydrogen-bond donors (Lipinski definition) is 0. The van der Waals surface area contributed by atoms with Crippen LogP contribution in [0.1, 0.15) is 45.9 Å². The average Bonchev–Trinajstić information content (AvgIpc) is 3.83. The smallest absolute Gasteiger partial charge is 0.416 e. The van der Waals surface area contributed by atoms with E-state index in [2.05, 4.69) is 9.97 Å². The van der Waals surface area contributed by atoms with Crippen LogP contribution in [0.4, 0.5) is 70.2 Å². The lowest BCUT2D eigenvalue weighted by atomic mass is 9.87. The Balaban J connectivity index is 1.74. The monoisotopic (exact) mass is 936 g/mol. The Kier molecular flexibility index (Phi) is 11.0. The Labute approximate surface area is 355 Å². The van der Waals surface area contributed by atoms with Gasteiger partial charge in [0.1, 0.15) is 34.3 Å². The van der Waals surface area contributed by atoms with E-state index in [0.29, 0.717) is 12.1 Å². The highest BCUT2D eigenvalue weighted by Gasteiger charge is 2.41. The van der Waals surface area contributed by atoms with Gasteiger partial charge in [-0.1, -0.05) is 0 Å². The molecule has 5 aromatic carbocycles. The third-order valence-electron chi connectivity index (χ3n) is 9.63. The molecular weight excluding hydrogens is 924 g/mol. The lowest BCUT2D eigenvalue weighted by molar-refractivity contribution is -0.144. The number of hydrogen-bond acceptors (Lipinski definition) is 8. The van der Waals surface area contributed by atoms with E-state index in [-0.39, 0.29) is 48.5 Å². The van der Waals surface area contributed by atoms with Gasteiger partial charge in [-0.25, -0.2) is 27.5 Å². The summed E-state index contributed by atoms with van der Waals surface area (Å²) in [7, 11) is 0. The predicted octanol–water partition coefficient (Wildman–Crippen LogP) is 13.5. The minimum Gasteiger partial charge on any atom is -0.437 e. The van der Waals surface area contributed by atoms with Gasteiger partial charge in [0.05, 0.1) is 57.7 Å².